The number of carbonyl (C=O) groups is 1. The predicted octanol–water partition coefficient (Wildman–Crippen LogP) is 4.20. The topological polar surface area (TPSA) is 34.9 Å². The van der Waals surface area contributed by atoms with Gasteiger partial charge >= 0.3 is 0 Å². The van der Waals surface area contributed by atoms with Crippen LogP contribution in [0.15, 0.2) is 41.0 Å². The lowest BCUT2D eigenvalue weighted by molar-refractivity contribution is 0.104. The summed E-state index contributed by atoms with van der Waals surface area (Å²) in [6, 6.07) is 7.76. The summed E-state index contributed by atoms with van der Waals surface area (Å²) >= 11 is 3.40. The fourth-order valence-electron chi connectivity index (χ4n) is 1.89. The second-order valence-electron chi connectivity index (χ2n) is 4.98. The molecule has 1 aromatic carbocycles. The molecule has 1 aromatic heterocycles. The minimum Gasteiger partial charge on any atom is -0.289 e. The van der Waals surface area contributed by atoms with Crippen molar-refractivity contribution in [1.82, 2.24) is 9.78 Å². The van der Waals surface area contributed by atoms with Crippen LogP contribution >= 0.6 is 15.9 Å². The van der Waals surface area contributed by atoms with E-state index in [0.717, 1.165) is 10.2 Å². The number of hydrogen-bond acceptors (Lipinski definition) is 2. The van der Waals surface area contributed by atoms with Crippen molar-refractivity contribution in [2.45, 2.75) is 19.8 Å². The van der Waals surface area contributed by atoms with Gasteiger partial charge in [0.2, 0.25) is 0 Å². The Balaban J connectivity index is 2.16. The highest BCUT2D eigenvalue weighted by Crippen LogP contribution is 2.18. The minimum absolute atomic E-state index is 0.00611. The third kappa shape index (κ3) is 3.25. The number of aromatic nitrogens is 2. The maximum Gasteiger partial charge on any atom is 0.185 e. The zero-order chi connectivity index (χ0) is 14.7. The summed E-state index contributed by atoms with van der Waals surface area (Å²) in [6.45, 7) is 4.27. The van der Waals surface area contributed by atoms with Gasteiger partial charge in [0, 0.05) is 12.6 Å². The molecule has 0 saturated carbocycles. The molecule has 0 aliphatic rings. The van der Waals surface area contributed by atoms with E-state index in [9.17, 15) is 4.79 Å². The molecule has 0 fully saturated rings. The Kier molecular flexibility index (Phi) is 4.55. The molecule has 0 unspecified atom stereocenters. The minimum atomic E-state index is -0.00611. The van der Waals surface area contributed by atoms with Crippen LogP contribution < -0.4 is 0 Å². The van der Waals surface area contributed by atoms with Crippen LogP contribution in [0, 0.1) is 0 Å². The Bertz CT molecular complexity index is 619. The van der Waals surface area contributed by atoms with Gasteiger partial charge in [-0.15, -0.1) is 0 Å². The second kappa shape index (κ2) is 6.18. The van der Waals surface area contributed by atoms with Crippen molar-refractivity contribution < 1.29 is 4.79 Å². The normalized spacial score (nSPS) is 11.4. The van der Waals surface area contributed by atoms with E-state index in [1.165, 1.54) is 5.56 Å². The smallest absolute Gasteiger partial charge is 0.185 e. The van der Waals surface area contributed by atoms with Gasteiger partial charge in [-0.3, -0.25) is 9.48 Å². The standard InChI is InChI=1S/C16H17BrN2O/c1-11(2)12-4-6-13(7-5-12)16(20)9-8-15-14(17)10-18-19(15)3/h4-11H,1-3H3/b9-8+. The molecule has 0 aliphatic heterocycles. The summed E-state index contributed by atoms with van der Waals surface area (Å²) in [5, 5.41) is 4.11. The number of nitrogens with zero attached hydrogens (tertiary/aromatic N) is 2. The largest absolute Gasteiger partial charge is 0.289 e. The number of carbonyl (C=O) groups excluding carboxylic acids is 1. The van der Waals surface area contributed by atoms with E-state index < -0.39 is 0 Å². The first-order chi connectivity index (χ1) is 9.49. The van der Waals surface area contributed by atoms with Crippen molar-refractivity contribution >= 4 is 27.8 Å². The SMILES string of the molecule is CC(C)c1ccc(C(=O)/C=C/c2c(Br)cnn2C)cc1. The van der Waals surface area contributed by atoms with E-state index in [-0.39, 0.29) is 5.78 Å². The number of halogens is 1. The molecule has 1 heterocycles. The summed E-state index contributed by atoms with van der Waals surface area (Å²) in [5.41, 5.74) is 2.81. The Morgan fingerprint density at radius 2 is 1.95 bits per heavy atom. The summed E-state index contributed by atoms with van der Waals surface area (Å²) in [6.07, 6.45) is 5.06. The van der Waals surface area contributed by atoms with Crippen molar-refractivity contribution in [3.05, 3.63) is 57.8 Å². The van der Waals surface area contributed by atoms with E-state index in [1.54, 1.807) is 23.0 Å². The van der Waals surface area contributed by atoms with E-state index >= 15 is 0 Å². The van der Waals surface area contributed by atoms with Crippen LogP contribution in [-0.2, 0) is 7.05 Å². The van der Waals surface area contributed by atoms with Gasteiger partial charge in [-0.1, -0.05) is 38.1 Å². The summed E-state index contributed by atoms with van der Waals surface area (Å²) in [5.74, 6) is 0.466. The highest BCUT2D eigenvalue weighted by Gasteiger charge is 2.06. The lowest BCUT2D eigenvalue weighted by Gasteiger charge is -2.05. The zero-order valence-electron chi connectivity index (χ0n) is 11.8. The average Bonchev–Trinajstić information content (AvgIpc) is 2.75. The van der Waals surface area contributed by atoms with Crippen molar-refractivity contribution in [1.29, 1.82) is 0 Å². The van der Waals surface area contributed by atoms with Crippen LogP contribution in [0.4, 0.5) is 0 Å². The molecule has 0 spiro atoms. The van der Waals surface area contributed by atoms with Crippen LogP contribution in [0.2, 0.25) is 0 Å². The monoisotopic (exact) mass is 332 g/mol. The summed E-state index contributed by atoms with van der Waals surface area (Å²) in [7, 11) is 1.84. The van der Waals surface area contributed by atoms with Gasteiger partial charge in [-0.05, 0) is 39.6 Å². The highest BCUT2D eigenvalue weighted by molar-refractivity contribution is 9.10. The van der Waals surface area contributed by atoms with Crippen molar-refractivity contribution in [2.24, 2.45) is 7.05 Å². The lowest BCUT2D eigenvalue weighted by Crippen LogP contribution is -1.97. The first kappa shape index (κ1) is 14.7. The fraction of sp³-hybridized carbons (Fsp3) is 0.250. The van der Waals surface area contributed by atoms with Gasteiger partial charge in [0.15, 0.2) is 5.78 Å². The van der Waals surface area contributed by atoms with E-state index in [2.05, 4.69) is 34.9 Å². The molecule has 0 radical (unpaired) electrons. The average molecular weight is 333 g/mol. The van der Waals surface area contributed by atoms with E-state index in [0.29, 0.717) is 11.5 Å². The number of ketones is 1. The molecular weight excluding hydrogens is 316 g/mol. The number of rotatable bonds is 4. The predicted molar refractivity (Wildman–Crippen MR) is 84.8 cm³/mol. The van der Waals surface area contributed by atoms with Gasteiger partial charge < -0.3 is 0 Å². The quantitative estimate of drug-likeness (QED) is 0.621. The number of aryl methyl sites for hydroxylation is 1. The fourth-order valence-corrected chi connectivity index (χ4v) is 2.37. The van der Waals surface area contributed by atoms with Crippen LogP contribution in [0.25, 0.3) is 6.08 Å². The zero-order valence-corrected chi connectivity index (χ0v) is 13.4. The maximum absolute atomic E-state index is 12.1. The molecule has 2 aromatic rings. The molecule has 0 saturated heterocycles. The summed E-state index contributed by atoms with van der Waals surface area (Å²) in [4.78, 5) is 12.1. The number of hydrogen-bond donors (Lipinski definition) is 0. The molecule has 0 aliphatic carbocycles. The molecule has 2 rings (SSSR count). The Morgan fingerprint density at radius 3 is 2.45 bits per heavy atom. The van der Waals surface area contributed by atoms with Gasteiger partial charge in [0.25, 0.3) is 0 Å². The summed E-state index contributed by atoms with van der Waals surface area (Å²) < 4.78 is 2.59. The third-order valence-corrected chi connectivity index (χ3v) is 3.80. The molecule has 0 amide bonds. The number of allylic oxidation sites excluding steroid dienone is 1. The molecule has 4 heteroatoms. The molecular formula is C16H17BrN2O. The molecule has 0 bridgehead atoms. The molecule has 0 atom stereocenters. The first-order valence-electron chi connectivity index (χ1n) is 6.49. The second-order valence-corrected chi connectivity index (χ2v) is 5.83. The van der Waals surface area contributed by atoms with Crippen molar-refractivity contribution in [2.75, 3.05) is 0 Å². The van der Waals surface area contributed by atoms with Crippen molar-refractivity contribution in [3.8, 4) is 0 Å². The molecule has 3 nitrogen and oxygen atoms in total. The Morgan fingerprint density at radius 1 is 1.30 bits per heavy atom. The van der Waals surface area contributed by atoms with E-state index in [4.69, 9.17) is 0 Å². The molecule has 20 heavy (non-hydrogen) atoms. The van der Waals surface area contributed by atoms with Crippen LogP contribution in [-0.4, -0.2) is 15.6 Å². The highest BCUT2D eigenvalue weighted by atomic mass is 79.9. The van der Waals surface area contributed by atoms with Gasteiger partial charge in [0.1, 0.15) is 0 Å². The molecule has 104 valence electrons. The van der Waals surface area contributed by atoms with Crippen LogP contribution in [0.5, 0.6) is 0 Å². The van der Waals surface area contributed by atoms with E-state index in [1.807, 2.05) is 31.3 Å². The van der Waals surface area contributed by atoms with Crippen LogP contribution in [0.3, 0.4) is 0 Å². The first-order valence-corrected chi connectivity index (χ1v) is 7.28. The van der Waals surface area contributed by atoms with Crippen LogP contribution in [0.1, 0.15) is 41.4 Å². The third-order valence-electron chi connectivity index (χ3n) is 3.19. The lowest BCUT2D eigenvalue weighted by atomic mass is 10.0. The van der Waals surface area contributed by atoms with Crippen molar-refractivity contribution in [3.63, 3.8) is 0 Å². The Hall–Kier alpha value is -1.68. The number of benzene rings is 1. The Labute approximate surface area is 127 Å². The van der Waals surface area contributed by atoms with Gasteiger partial charge in [-0.25, -0.2) is 0 Å². The molecule has 0 N–H and O–H groups in total. The maximum atomic E-state index is 12.1. The van der Waals surface area contributed by atoms with Gasteiger partial charge in [0.05, 0.1) is 16.4 Å². The van der Waals surface area contributed by atoms with Gasteiger partial charge in [-0.2, -0.15) is 5.10 Å².